The van der Waals surface area contributed by atoms with E-state index >= 15 is 0 Å². The molecule has 0 aromatic carbocycles. The van der Waals surface area contributed by atoms with E-state index in [2.05, 4.69) is 34.7 Å². The summed E-state index contributed by atoms with van der Waals surface area (Å²) in [6.45, 7) is 2.03. The normalized spacial score (nSPS) is 14.6. The van der Waals surface area contributed by atoms with Crippen molar-refractivity contribution in [2.45, 2.75) is 25.1 Å². The Labute approximate surface area is 75.8 Å². The van der Waals surface area contributed by atoms with E-state index in [-0.39, 0.29) is 0 Å². The van der Waals surface area contributed by atoms with Gasteiger partial charge >= 0.3 is 0 Å². The smallest absolute Gasteiger partial charge is 0.0310 e. The molecule has 0 aromatic rings. The molecule has 1 atom stereocenters. The first kappa shape index (κ1) is 9.76. The van der Waals surface area contributed by atoms with Crippen molar-refractivity contribution in [3.05, 3.63) is 12.2 Å². The third-order valence-electron chi connectivity index (χ3n) is 0.987. The molecule has 0 fully saturated rings. The molecule has 0 heterocycles. The summed E-state index contributed by atoms with van der Waals surface area (Å²) < 4.78 is 1.11. The van der Waals surface area contributed by atoms with E-state index in [4.69, 9.17) is 11.6 Å². The maximum absolute atomic E-state index is 5.72. The van der Waals surface area contributed by atoms with Crippen LogP contribution in [0.5, 0.6) is 0 Å². The average Bonchev–Trinajstić information content (AvgIpc) is 1.80. The zero-order valence-electron chi connectivity index (χ0n) is 5.61. The maximum Gasteiger partial charge on any atom is 0.0310 e. The van der Waals surface area contributed by atoms with E-state index in [1.807, 2.05) is 6.92 Å². The van der Waals surface area contributed by atoms with Crippen LogP contribution in [0.4, 0.5) is 0 Å². The third-order valence-corrected chi connectivity index (χ3v) is 1.71. The minimum atomic E-state index is 0.323. The van der Waals surface area contributed by atoms with Gasteiger partial charge in [0.25, 0.3) is 0 Å². The molecule has 0 saturated carbocycles. The molecule has 2 heteroatoms. The zero-order valence-corrected chi connectivity index (χ0v) is 8.52. The molecule has 0 aliphatic heterocycles. The predicted octanol–water partition coefficient (Wildman–Crippen LogP) is 3.39. The standard InChI is InChI=1S/C7H12ClI/c1-7(8)5-3-2-4-6-9/h2,4,7H,3,5-6H2,1H3/b4-2-. The second kappa shape index (κ2) is 6.87. The molecule has 0 bridgehead atoms. The minimum absolute atomic E-state index is 0.323. The van der Waals surface area contributed by atoms with Crippen molar-refractivity contribution in [2.24, 2.45) is 0 Å². The molecule has 0 spiro atoms. The van der Waals surface area contributed by atoms with Gasteiger partial charge in [-0.2, -0.15) is 0 Å². The Kier molecular flexibility index (Phi) is 7.45. The van der Waals surface area contributed by atoms with Crippen molar-refractivity contribution in [3.8, 4) is 0 Å². The van der Waals surface area contributed by atoms with Gasteiger partial charge in [0, 0.05) is 9.80 Å². The van der Waals surface area contributed by atoms with Gasteiger partial charge in [-0.1, -0.05) is 34.7 Å². The highest BCUT2D eigenvalue weighted by atomic mass is 127. The van der Waals surface area contributed by atoms with Gasteiger partial charge in [-0.15, -0.1) is 11.6 Å². The molecule has 0 radical (unpaired) electrons. The lowest BCUT2D eigenvalue weighted by Crippen LogP contribution is -1.87. The van der Waals surface area contributed by atoms with Crippen molar-refractivity contribution < 1.29 is 0 Å². The van der Waals surface area contributed by atoms with Gasteiger partial charge in [0.2, 0.25) is 0 Å². The maximum atomic E-state index is 5.72. The van der Waals surface area contributed by atoms with Crippen LogP contribution >= 0.6 is 34.2 Å². The quantitative estimate of drug-likeness (QED) is 0.412. The Bertz CT molecular complexity index is 79.0. The van der Waals surface area contributed by atoms with E-state index in [9.17, 15) is 0 Å². The fraction of sp³-hybridized carbons (Fsp3) is 0.714. The van der Waals surface area contributed by atoms with Gasteiger partial charge in [0.05, 0.1) is 0 Å². The molecule has 0 amide bonds. The Morgan fingerprint density at radius 1 is 1.56 bits per heavy atom. The number of halogens is 2. The molecule has 0 aliphatic carbocycles. The fourth-order valence-corrected chi connectivity index (χ4v) is 0.992. The van der Waals surface area contributed by atoms with Gasteiger partial charge in [-0.25, -0.2) is 0 Å². The SMILES string of the molecule is CC(Cl)CC/C=C\CI. The lowest BCUT2D eigenvalue weighted by molar-refractivity contribution is 0.823. The van der Waals surface area contributed by atoms with Gasteiger partial charge in [-0.3, -0.25) is 0 Å². The Morgan fingerprint density at radius 3 is 2.67 bits per heavy atom. The van der Waals surface area contributed by atoms with Crippen LogP contribution in [-0.2, 0) is 0 Å². The summed E-state index contributed by atoms with van der Waals surface area (Å²) in [6, 6.07) is 0. The van der Waals surface area contributed by atoms with Crippen LogP contribution < -0.4 is 0 Å². The molecule has 0 saturated heterocycles. The van der Waals surface area contributed by atoms with E-state index in [0.29, 0.717) is 5.38 Å². The van der Waals surface area contributed by atoms with E-state index in [1.54, 1.807) is 0 Å². The minimum Gasteiger partial charge on any atom is -0.123 e. The van der Waals surface area contributed by atoms with Crippen molar-refractivity contribution in [2.75, 3.05) is 4.43 Å². The van der Waals surface area contributed by atoms with Gasteiger partial charge in [0.1, 0.15) is 0 Å². The number of hydrogen-bond donors (Lipinski definition) is 0. The summed E-state index contributed by atoms with van der Waals surface area (Å²) >= 11 is 8.05. The number of alkyl halides is 2. The van der Waals surface area contributed by atoms with E-state index < -0.39 is 0 Å². The van der Waals surface area contributed by atoms with E-state index in [1.165, 1.54) is 0 Å². The van der Waals surface area contributed by atoms with Crippen LogP contribution in [-0.4, -0.2) is 9.80 Å². The molecular formula is C7H12ClI. The number of hydrogen-bond acceptors (Lipinski definition) is 0. The molecule has 0 N–H and O–H groups in total. The van der Waals surface area contributed by atoms with Gasteiger partial charge in [0.15, 0.2) is 0 Å². The summed E-state index contributed by atoms with van der Waals surface area (Å²) in [5.41, 5.74) is 0. The van der Waals surface area contributed by atoms with Crippen LogP contribution in [0.15, 0.2) is 12.2 Å². The molecule has 9 heavy (non-hydrogen) atoms. The van der Waals surface area contributed by atoms with Crippen molar-refractivity contribution in [1.82, 2.24) is 0 Å². The second-order valence-corrected chi connectivity index (χ2v) is 3.61. The van der Waals surface area contributed by atoms with Crippen LogP contribution in [0.3, 0.4) is 0 Å². The molecule has 0 rings (SSSR count). The van der Waals surface area contributed by atoms with Crippen molar-refractivity contribution >= 4 is 34.2 Å². The van der Waals surface area contributed by atoms with Crippen LogP contribution in [0.25, 0.3) is 0 Å². The topological polar surface area (TPSA) is 0 Å². The lowest BCUT2D eigenvalue weighted by Gasteiger charge is -1.95. The molecular weight excluding hydrogens is 246 g/mol. The summed E-state index contributed by atoms with van der Waals surface area (Å²) in [4.78, 5) is 0. The first-order valence-corrected chi connectivity index (χ1v) is 5.08. The highest BCUT2D eigenvalue weighted by Crippen LogP contribution is 2.03. The average molecular weight is 259 g/mol. The largest absolute Gasteiger partial charge is 0.123 e. The highest BCUT2D eigenvalue weighted by Gasteiger charge is 1.90. The molecule has 54 valence electrons. The number of allylic oxidation sites excluding steroid dienone is 2. The fourth-order valence-electron chi connectivity index (χ4n) is 0.507. The molecule has 0 nitrogen and oxygen atoms in total. The van der Waals surface area contributed by atoms with Crippen molar-refractivity contribution in [1.29, 1.82) is 0 Å². The summed E-state index contributed by atoms with van der Waals surface area (Å²) in [6.07, 6.45) is 6.56. The number of rotatable bonds is 4. The van der Waals surface area contributed by atoms with Gasteiger partial charge in [-0.05, 0) is 19.8 Å². The second-order valence-electron chi connectivity index (χ2n) is 1.98. The van der Waals surface area contributed by atoms with Crippen LogP contribution in [0.2, 0.25) is 0 Å². The van der Waals surface area contributed by atoms with Crippen molar-refractivity contribution in [3.63, 3.8) is 0 Å². The Balaban J connectivity index is 2.99. The Hall–Kier alpha value is 0.760. The van der Waals surface area contributed by atoms with Crippen LogP contribution in [0.1, 0.15) is 19.8 Å². The first-order valence-electron chi connectivity index (χ1n) is 3.12. The summed E-state index contributed by atoms with van der Waals surface area (Å²) in [5.74, 6) is 0. The highest BCUT2D eigenvalue weighted by molar-refractivity contribution is 14.1. The molecule has 1 unspecified atom stereocenters. The molecule has 0 aromatic heterocycles. The zero-order chi connectivity index (χ0) is 7.11. The lowest BCUT2D eigenvalue weighted by atomic mass is 10.2. The van der Waals surface area contributed by atoms with E-state index in [0.717, 1.165) is 17.3 Å². The first-order chi connectivity index (χ1) is 4.27. The predicted molar refractivity (Wildman–Crippen MR) is 52.6 cm³/mol. The Morgan fingerprint density at radius 2 is 2.22 bits per heavy atom. The monoisotopic (exact) mass is 258 g/mol. The van der Waals surface area contributed by atoms with Gasteiger partial charge < -0.3 is 0 Å². The summed E-state index contributed by atoms with van der Waals surface area (Å²) in [5, 5.41) is 0.323. The summed E-state index contributed by atoms with van der Waals surface area (Å²) in [7, 11) is 0. The molecule has 0 aliphatic rings. The third kappa shape index (κ3) is 8.76. The van der Waals surface area contributed by atoms with Crippen LogP contribution in [0, 0.1) is 0 Å².